The van der Waals surface area contributed by atoms with E-state index in [2.05, 4.69) is 15.1 Å². The largest absolute Gasteiger partial charge is 0.326 e. The van der Waals surface area contributed by atoms with Crippen LogP contribution in [0.5, 0.6) is 0 Å². The Morgan fingerprint density at radius 3 is 2.45 bits per heavy atom. The molecule has 1 heterocycles. The van der Waals surface area contributed by atoms with Crippen LogP contribution in [0.3, 0.4) is 0 Å². The number of carbonyl (C=O) groups is 1. The first-order valence-electron chi connectivity index (χ1n) is 8.22. The fourth-order valence-corrected chi connectivity index (χ4v) is 3.99. The van der Waals surface area contributed by atoms with Crippen molar-refractivity contribution in [2.24, 2.45) is 0 Å². The summed E-state index contributed by atoms with van der Waals surface area (Å²) in [5, 5.41) is 6.87. The van der Waals surface area contributed by atoms with Crippen molar-refractivity contribution in [2.45, 2.75) is 18.4 Å². The molecule has 29 heavy (non-hydrogen) atoms. The zero-order valence-electron chi connectivity index (χ0n) is 15.0. The number of nitrogens with one attached hydrogen (secondary N) is 2. The van der Waals surface area contributed by atoms with Crippen molar-refractivity contribution in [3.8, 4) is 0 Å². The lowest BCUT2D eigenvalue weighted by Crippen LogP contribution is -2.14. The van der Waals surface area contributed by atoms with E-state index in [1.165, 1.54) is 54.2 Å². The number of halogens is 3. The van der Waals surface area contributed by atoms with E-state index in [4.69, 9.17) is 23.2 Å². The fraction of sp³-hybridized carbons (Fsp3) is 0.111. The van der Waals surface area contributed by atoms with Crippen molar-refractivity contribution in [1.82, 2.24) is 9.78 Å². The summed E-state index contributed by atoms with van der Waals surface area (Å²) in [5.41, 5.74) is 0.664. The first-order valence-corrected chi connectivity index (χ1v) is 10.5. The van der Waals surface area contributed by atoms with Gasteiger partial charge in [-0.2, -0.15) is 5.10 Å². The molecule has 152 valence electrons. The van der Waals surface area contributed by atoms with Crippen molar-refractivity contribution in [3.63, 3.8) is 0 Å². The van der Waals surface area contributed by atoms with Crippen LogP contribution >= 0.6 is 23.2 Å². The zero-order chi connectivity index (χ0) is 21.2. The van der Waals surface area contributed by atoms with Crippen molar-refractivity contribution in [3.05, 3.63) is 70.1 Å². The molecule has 0 aliphatic rings. The van der Waals surface area contributed by atoms with Crippen LogP contribution in [-0.4, -0.2) is 24.1 Å². The molecular formula is C18H15Cl2FN4O3S. The van der Waals surface area contributed by atoms with Crippen LogP contribution in [0, 0.1) is 5.82 Å². The van der Waals surface area contributed by atoms with Gasteiger partial charge in [0.2, 0.25) is 5.91 Å². The van der Waals surface area contributed by atoms with Gasteiger partial charge in [0.25, 0.3) is 10.0 Å². The molecule has 0 spiro atoms. The summed E-state index contributed by atoms with van der Waals surface area (Å²) < 4.78 is 42.7. The Hall–Kier alpha value is -2.62. The standard InChI is InChI=1S/C18H15Cl2FN4O3S/c1-11(26)22-12-5-7-13(8-6-12)29(27,28)24-18-16(20)10-25(23-18)9-14-15(19)3-2-4-17(14)21/h2-8,10H,9H2,1H3,(H,22,26)(H,23,24). The molecule has 0 saturated heterocycles. The highest BCUT2D eigenvalue weighted by molar-refractivity contribution is 7.92. The van der Waals surface area contributed by atoms with E-state index in [9.17, 15) is 17.6 Å². The zero-order valence-corrected chi connectivity index (χ0v) is 17.3. The van der Waals surface area contributed by atoms with Crippen LogP contribution in [0.25, 0.3) is 0 Å². The predicted molar refractivity (Wildman–Crippen MR) is 109 cm³/mol. The quantitative estimate of drug-likeness (QED) is 0.582. The minimum absolute atomic E-state index is 0.0294. The molecule has 11 heteroatoms. The summed E-state index contributed by atoms with van der Waals surface area (Å²) in [6, 6.07) is 9.86. The van der Waals surface area contributed by atoms with E-state index in [0.29, 0.717) is 5.69 Å². The molecule has 3 rings (SSSR count). The molecule has 1 amide bonds. The Kier molecular flexibility index (Phi) is 6.11. The van der Waals surface area contributed by atoms with Gasteiger partial charge >= 0.3 is 0 Å². The highest BCUT2D eigenvalue weighted by Crippen LogP contribution is 2.26. The van der Waals surface area contributed by atoms with E-state index < -0.39 is 15.8 Å². The minimum atomic E-state index is -3.98. The maximum absolute atomic E-state index is 14.0. The second-order valence-electron chi connectivity index (χ2n) is 6.03. The normalized spacial score (nSPS) is 11.3. The maximum Gasteiger partial charge on any atom is 0.263 e. The number of amides is 1. The Balaban J connectivity index is 1.80. The molecule has 0 radical (unpaired) electrons. The molecule has 7 nitrogen and oxygen atoms in total. The highest BCUT2D eigenvalue weighted by atomic mass is 35.5. The lowest BCUT2D eigenvalue weighted by molar-refractivity contribution is -0.114. The molecule has 1 aromatic heterocycles. The van der Waals surface area contributed by atoms with E-state index >= 15 is 0 Å². The number of rotatable bonds is 6. The van der Waals surface area contributed by atoms with Gasteiger partial charge in [0, 0.05) is 29.4 Å². The number of anilines is 2. The van der Waals surface area contributed by atoms with E-state index in [1.807, 2.05) is 0 Å². The molecule has 0 unspecified atom stereocenters. The monoisotopic (exact) mass is 456 g/mol. The molecule has 0 saturated carbocycles. The Bertz CT molecular complexity index is 1140. The topological polar surface area (TPSA) is 93.1 Å². The van der Waals surface area contributed by atoms with E-state index in [-0.39, 0.29) is 38.8 Å². The molecule has 3 aromatic rings. The summed E-state index contributed by atoms with van der Waals surface area (Å²) in [5.74, 6) is -0.887. The lowest BCUT2D eigenvalue weighted by atomic mass is 10.2. The van der Waals surface area contributed by atoms with Crippen molar-refractivity contribution in [2.75, 3.05) is 10.0 Å². The van der Waals surface area contributed by atoms with Crippen LogP contribution in [0.4, 0.5) is 15.9 Å². The highest BCUT2D eigenvalue weighted by Gasteiger charge is 2.19. The van der Waals surface area contributed by atoms with Crippen molar-refractivity contribution < 1.29 is 17.6 Å². The number of carbonyl (C=O) groups excluding carboxylic acids is 1. The Labute approximate surface area is 176 Å². The molecule has 0 aliphatic carbocycles. The van der Waals surface area contributed by atoms with Gasteiger partial charge in [0.15, 0.2) is 5.82 Å². The number of hydrogen-bond acceptors (Lipinski definition) is 4. The Morgan fingerprint density at radius 2 is 1.83 bits per heavy atom. The number of hydrogen-bond donors (Lipinski definition) is 2. The summed E-state index contributed by atoms with van der Waals surface area (Å²) in [6.07, 6.45) is 1.36. The van der Waals surface area contributed by atoms with E-state index in [1.54, 1.807) is 6.07 Å². The third kappa shape index (κ3) is 5.06. The summed E-state index contributed by atoms with van der Waals surface area (Å²) in [4.78, 5) is 11.0. The molecule has 0 aliphatic heterocycles. The van der Waals surface area contributed by atoms with Gasteiger partial charge in [0.05, 0.1) is 11.4 Å². The molecule has 2 N–H and O–H groups in total. The second kappa shape index (κ2) is 8.40. The molecule has 0 bridgehead atoms. The summed E-state index contributed by atoms with van der Waals surface area (Å²) >= 11 is 12.1. The van der Waals surface area contributed by atoms with Gasteiger partial charge in [-0.3, -0.25) is 14.2 Å². The molecular weight excluding hydrogens is 442 g/mol. The molecule has 0 fully saturated rings. The van der Waals surface area contributed by atoms with Crippen molar-refractivity contribution in [1.29, 1.82) is 0 Å². The lowest BCUT2D eigenvalue weighted by Gasteiger charge is -2.08. The van der Waals surface area contributed by atoms with Crippen LogP contribution < -0.4 is 10.0 Å². The fourth-order valence-electron chi connectivity index (χ4n) is 2.50. The van der Waals surface area contributed by atoms with Crippen molar-refractivity contribution >= 4 is 50.6 Å². The number of nitrogens with zero attached hydrogens (tertiary/aromatic N) is 2. The summed E-state index contributed by atoms with van der Waals surface area (Å²) in [6.45, 7) is 1.32. The van der Waals surface area contributed by atoms with Gasteiger partial charge in [-0.15, -0.1) is 0 Å². The molecule has 0 atom stereocenters. The van der Waals surface area contributed by atoms with Gasteiger partial charge in [-0.1, -0.05) is 29.3 Å². The third-order valence-electron chi connectivity index (χ3n) is 3.81. The van der Waals surface area contributed by atoms with Gasteiger partial charge < -0.3 is 5.32 Å². The maximum atomic E-state index is 14.0. The van der Waals surface area contributed by atoms with Crippen LogP contribution in [0.15, 0.2) is 53.6 Å². The van der Waals surface area contributed by atoms with E-state index in [0.717, 1.165) is 0 Å². The van der Waals surface area contributed by atoms with Crippen LogP contribution in [0.1, 0.15) is 12.5 Å². The number of benzene rings is 2. The average Bonchev–Trinajstić information content (AvgIpc) is 2.97. The molecule has 2 aromatic carbocycles. The van der Waals surface area contributed by atoms with Crippen LogP contribution in [0.2, 0.25) is 10.0 Å². The number of sulfonamides is 1. The third-order valence-corrected chi connectivity index (χ3v) is 5.80. The Morgan fingerprint density at radius 1 is 1.14 bits per heavy atom. The van der Waals surface area contributed by atoms with Gasteiger partial charge in [0.1, 0.15) is 10.8 Å². The predicted octanol–water partition coefficient (Wildman–Crippen LogP) is 4.14. The summed E-state index contributed by atoms with van der Waals surface area (Å²) in [7, 11) is -3.98. The first kappa shape index (κ1) is 21.1. The number of aromatic nitrogens is 2. The smallest absolute Gasteiger partial charge is 0.263 e. The SMILES string of the molecule is CC(=O)Nc1ccc(S(=O)(=O)Nc2nn(Cc3c(F)cccc3Cl)cc2Cl)cc1. The van der Waals surface area contributed by atoms with Crippen LogP contribution in [-0.2, 0) is 21.4 Å². The second-order valence-corrected chi connectivity index (χ2v) is 8.53. The average molecular weight is 457 g/mol. The minimum Gasteiger partial charge on any atom is -0.326 e. The van der Waals surface area contributed by atoms with Gasteiger partial charge in [-0.05, 0) is 36.4 Å². The van der Waals surface area contributed by atoms with Gasteiger partial charge in [-0.25, -0.2) is 12.8 Å². The first-order chi connectivity index (χ1) is 13.7.